The fourth-order valence-electron chi connectivity index (χ4n) is 2.30. The van der Waals surface area contributed by atoms with E-state index in [-0.39, 0.29) is 6.03 Å². The van der Waals surface area contributed by atoms with Crippen LogP contribution in [0.1, 0.15) is 18.4 Å². The molecule has 0 fully saturated rings. The van der Waals surface area contributed by atoms with Crippen molar-refractivity contribution in [3.05, 3.63) is 42.0 Å². The number of hydrogen-bond donors (Lipinski definition) is 1. The topological polar surface area (TPSA) is 80.4 Å². The lowest BCUT2D eigenvalue weighted by molar-refractivity contribution is 0.219. The number of anilines is 1. The Kier molecular flexibility index (Phi) is 3.96. The van der Waals surface area contributed by atoms with E-state index in [9.17, 15) is 4.79 Å². The van der Waals surface area contributed by atoms with Crippen LogP contribution in [0.2, 0.25) is 0 Å². The van der Waals surface area contributed by atoms with Crippen molar-refractivity contribution in [2.75, 3.05) is 12.4 Å². The number of carbonyl (C=O) groups excluding carboxylic acids is 1. The molecule has 3 aromatic heterocycles. The van der Waals surface area contributed by atoms with Crippen LogP contribution in [-0.4, -0.2) is 42.4 Å². The third-order valence-electron chi connectivity index (χ3n) is 3.64. The Balaban J connectivity index is 1.71. The normalized spacial score (nSPS) is 10.9. The molecule has 3 heterocycles. The smallest absolute Gasteiger partial charge is 0.320 e. The van der Waals surface area contributed by atoms with Gasteiger partial charge in [0.15, 0.2) is 11.5 Å². The van der Waals surface area contributed by atoms with E-state index in [4.69, 9.17) is 0 Å². The van der Waals surface area contributed by atoms with Gasteiger partial charge in [-0.2, -0.15) is 5.10 Å². The van der Waals surface area contributed by atoms with E-state index in [0.29, 0.717) is 18.2 Å². The van der Waals surface area contributed by atoms with Gasteiger partial charge in [0.2, 0.25) is 0 Å². The van der Waals surface area contributed by atoms with Crippen molar-refractivity contribution in [3.63, 3.8) is 0 Å². The summed E-state index contributed by atoms with van der Waals surface area (Å²) in [4.78, 5) is 13.9. The molecule has 2 amide bonds. The molecule has 0 unspecified atom stereocenters. The number of rotatable bonds is 4. The van der Waals surface area contributed by atoms with Gasteiger partial charge in [-0.05, 0) is 18.6 Å². The molecule has 120 valence electrons. The first-order chi connectivity index (χ1) is 11.1. The van der Waals surface area contributed by atoms with Gasteiger partial charge in [0.25, 0.3) is 0 Å². The molecule has 0 atom stereocenters. The van der Waals surface area contributed by atoms with Gasteiger partial charge < -0.3 is 4.90 Å². The van der Waals surface area contributed by atoms with Crippen LogP contribution in [0.25, 0.3) is 5.65 Å². The van der Waals surface area contributed by atoms with Gasteiger partial charge in [-0.1, -0.05) is 13.0 Å². The van der Waals surface area contributed by atoms with Crippen molar-refractivity contribution in [2.45, 2.75) is 19.9 Å². The van der Waals surface area contributed by atoms with Gasteiger partial charge in [0.05, 0.1) is 12.2 Å². The SMILES string of the molecule is CCc1cc(NC(=O)N(C)Cc2nnc3ccccn23)n(C)n1. The van der Waals surface area contributed by atoms with E-state index < -0.39 is 0 Å². The summed E-state index contributed by atoms with van der Waals surface area (Å²) in [6.45, 7) is 2.38. The molecular formula is C15H19N7O. The van der Waals surface area contributed by atoms with Crippen molar-refractivity contribution >= 4 is 17.5 Å². The van der Waals surface area contributed by atoms with Gasteiger partial charge in [-0.25, -0.2) is 4.79 Å². The molecule has 1 N–H and O–H groups in total. The summed E-state index contributed by atoms with van der Waals surface area (Å²) in [7, 11) is 3.53. The summed E-state index contributed by atoms with van der Waals surface area (Å²) in [6.07, 6.45) is 2.70. The second-order valence-electron chi connectivity index (χ2n) is 5.33. The van der Waals surface area contributed by atoms with E-state index in [1.807, 2.05) is 41.8 Å². The number of amides is 2. The quantitative estimate of drug-likeness (QED) is 0.795. The maximum Gasteiger partial charge on any atom is 0.323 e. The summed E-state index contributed by atoms with van der Waals surface area (Å²) in [5, 5.41) is 15.4. The minimum Gasteiger partial charge on any atom is -0.320 e. The molecule has 0 saturated heterocycles. The standard InChI is InChI=1S/C15H19N7O/c1-4-11-9-13(21(3)19-11)16-15(23)20(2)10-14-18-17-12-7-5-6-8-22(12)14/h5-9H,4,10H2,1-3H3,(H,16,23). The van der Waals surface area contributed by atoms with Crippen molar-refractivity contribution < 1.29 is 4.79 Å². The van der Waals surface area contributed by atoms with Crippen LogP contribution in [0.4, 0.5) is 10.6 Å². The lowest BCUT2D eigenvalue weighted by Crippen LogP contribution is -2.32. The van der Waals surface area contributed by atoms with Crippen LogP contribution in [0.3, 0.4) is 0 Å². The van der Waals surface area contributed by atoms with E-state index >= 15 is 0 Å². The molecule has 8 heteroatoms. The fourth-order valence-corrected chi connectivity index (χ4v) is 2.30. The Morgan fingerprint density at radius 2 is 2.17 bits per heavy atom. The largest absolute Gasteiger partial charge is 0.323 e. The minimum absolute atomic E-state index is 0.219. The molecule has 0 bridgehead atoms. The predicted octanol–water partition coefficient (Wildman–Crippen LogP) is 1.69. The zero-order valence-electron chi connectivity index (χ0n) is 13.4. The number of nitrogens with one attached hydrogen (secondary N) is 1. The molecule has 0 spiro atoms. The number of carbonyl (C=O) groups is 1. The second-order valence-corrected chi connectivity index (χ2v) is 5.33. The molecule has 0 aliphatic heterocycles. The van der Waals surface area contributed by atoms with Crippen LogP contribution >= 0.6 is 0 Å². The number of hydrogen-bond acceptors (Lipinski definition) is 4. The molecule has 3 aromatic rings. The maximum atomic E-state index is 12.3. The second kappa shape index (κ2) is 6.07. The number of urea groups is 1. The molecular weight excluding hydrogens is 294 g/mol. The van der Waals surface area contributed by atoms with Crippen LogP contribution in [0.15, 0.2) is 30.5 Å². The van der Waals surface area contributed by atoms with Gasteiger partial charge in [0.1, 0.15) is 5.82 Å². The Labute approximate surface area is 133 Å². The highest BCUT2D eigenvalue weighted by Gasteiger charge is 2.15. The average Bonchev–Trinajstić information content (AvgIpc) is 3.11. The monoisotopic (exact) mass is 313 g/mol. The lowest BCUT2D eigenvalue weighted by atomic mass is 10.3. The Hall–Kier alpha value is -2.90. The predicted molar refractivity (Wildman–Crippen MR) is 86.1 cm³/mol. The minimum atomic E-state index is -0.219. The number of nitrogens with zero attached hydrogens (tertiary/aromatic N) is 6. The number of fused-ring (bicyclic) bond motifs is 1. The summed E-state index contributed by atoms with van der Waals surface area (Å²) < 4.78 is 3.53. The fraction of sp³-hybridized carbons (Fsp3) is 0.333. The molecule has 23 heavy (non-hydrogen) atoms. The van der Waals surface area contributed by atoms with Crippen molar-refractivity contribution in [1.82, 2.24) is 29.3 Å². The zero-order valence-corrected chi connectivity index (χ0v) is 13.4. The Morgan fingerprint density at radius 1 is 1.35 bits per heavy atom. The van der Waals surface area contributed by atoms with Crippen molar-refractivity contribution in [3.8, 4) is 0 Å². The first-order valence-corrected chi connectivity index (χ1v) is 7.42. The highest BCUT2D eigenvalue weighted by Crippen LogP contribution is 2.11. The van der Waals surface area contributed by atoms with Gasteiger partial charge in [-0.3, -0.25) is 14.4 Å². The molecule has 0 aromatic carbocycles. The highest BCUT2D eigenvalue weighted by atomic mass is 16.2. The maximum absolute atomic E-state index is 12.3. The van der Waals surface area contributed by atoms with E-state index in [1.54, 1.807) is 23.7 Å². The molecule has 0 saturated carbocycles. The number of pyridine rings is 1. The molecule has 3 rings (SSSR count). The summed E-state index contributed by atoms with van der Waals surface area (Å²) in [5.74, 6) is 1.38. The summed E-state index contributed by atoms with van der Waals surface area (Å²) in [5.41, 5.74) is 1.70. The van der Waals surface area contributed by atoms with Gasteiger partial charge in [0, 0.05) is 26.4 Å². The lowest BCUT2D eigenvalue weighted by Gasteiger charge is -2.16. The molecule has 8 nitrogen and oxygen atoms in total. The molecule has 0 radical (unpaired) electrons. The van der Waals surface area contributed by atoms with Crippen LogP contribution < -0.4 is 5.32 Å². The molecule has 0 aliphatic rings. The Morgan fingerprint density at radius 3 is 2.91 bits per heavy atom. The third kappa shape index (κ3) is 3.01. The van der Waals surface area contributed by atoms with E-state index in [0.717, 1.165) is 17.8 Å². The van der Waals surface area contributed by atoms with E-state index in [2.05, 4.69) is 20.6 Å². The van der Waals surface area contributed by atoms with Crippen LogP contribution in [0, 0.1) is 0 Å². The number of aromatic nitrogens is 5. The summed E-state index contributed by atoms with van der Waals surface area (Å²) >= 11 is 0. The van der Waals surface area contributed by atoms with Gasteiger partial charge in [-0.15, -0.1) is 10.2 Å². The Bertz CT molecular complexity index is 835. The molecule has 0 aliphatic carbocycles. The van der Waals surface area contributed by atoms with Crippen molar-refractivity contribution in [1.29, 1.82) is 0 Å². The van der Waals surface area contributed by atoms with Crippen LogP contribution in [-0.2, 0) is 20.0 Å². The highest BCUT2D eigenvalue weighted by molar-refractivity contribution is 5.88. The summed E-state index contributed by atoms with van der Waals surface area (Å²) in [6, 6.07) is 7.33. The van der Waals surface area contributed by atoms with Crippen LogP contribution in [0.5, 0.6) is 0 Å². The average molecular weight is 313 g/mol. The van der Waals surface area contributed by atoms with E-state index in [1.165, 1.54) is 0 Å². The first kappa shape index (κ1) is 15.0. The first-order valence-electron chi connectivity index (χ1n) is 7.42. The third-order valence-corrected chi connectivity index (χ3v) is 3.64. The van der Waals surface area contributed by atoms with Gasteiger partial charge >= 0.3 is 6.03 Å². The number of aryl methyl sites for hydroxylation is 2. The zero-order chi connectivity index (χ0) is 16.4. The van der Waals surface area contributed by atoms with Crippen molar-refractivity contribution in [2.24, 2.45) is 7.05 Å².